The molecule has 2 aliphatic heterocycles. The number of aromatic nitrogens is 1. The minimum absolute atomic E-state index is 0.0767. The van der Waals surface area contributed by atoms with Crippen molar-refractivity contribution < 1.29 is 23.2 Å². The van der Waals surface area contributed by atoms with Gasteiger partial charge in [-0.2, -0.15) is 0 Å². The number of urea groups is 1. The molecular formula is C36H47BrClN4O5P. The number of likely N-dealkylation sites (tertiary alicyclic amines) is 2. The maximum absolute atomic E-state index is 13.3. The van der Waals surface area contributed by atoms with Crippen molar-refractivity contribution in [1.82, 2.24) is 14.8 Å². The van der Waals surface area contributed by atoms with Gasteiger partial charge in [0.25, 0.3) is 0 Å². The minimum Gasteiger partial charge on any atom is -0.351 e. The van der Waals surface area contributed by atoms with Crippen molar-refractivity contribution in [2.75, 3.05) is 45.6 Å². The molecule has 260 valence electrons. The summed E-state index contributed by atoms with van der Waals surface area (Å²) >= 11 is 10.4. The molecule has 9 nitrogen and oxygen atoms in total. The number of fused-ring (bicyclic) bond motifs is 2. The van der Waals surface area contributed by atoms with E-state index in [-0.39, 0.29) is 17.9 Å². The number of carbonyl (C=O) groups is 2. The molecule has 5 rings (SSSR count). The normalized spacial score (nSPS) is 18.8. The van der Waals surface area contributed by atoms with Crippen LogP contribution in [-0.2, 0) is 31.2 Å². The molecule has 3 aliphatic rings. The van der Waals surface area contributed by atoms with Crippen molar-refractivity contribution in [1.29, 1.82) is 0 Å². The topological polar surface area (TPSA) is 115 Å². The summed E-state index contributed by atoms with van der Waals surface area (Å²) in [5.41, 5.74) is 11.1. The molecule has 1 aliphatic carbocycles. The number of primary amides is 1. The first-order valence-corrected chi connectivity index (χ1v) is 20.2. The standard InChI is InChI=1S/C36H47BrClN4O5P/c1-3-46-48(45,47-4-2)19-7-5-6-8-26-20-29-10-9-28-22-30(38)23-31(37)33(28)34(35(29)40-24-26)27-13-17-41(18-14-27)32(43)21-25-11-15-42(16-12-25)36(39)44/h20,22-25,27,34H,3-5,7,9-19,21H2,1-2H3,(H2,39,44). The van der Waals surface area contributed by atoms with E-state index < -0.39 is 7.60 Å². The van der Waals surface area contributed by atoms with Crippen molar-refractivity contribution in [2.24, 2.45) is 17.6 Å². The van der Waals surface area contributed by atoms with Gasteiger partial charge in [-0.15, -0.1) is 0 Å². The SMILES string of the molecule is CCOP(=O)(CCCC#Cc1cnc2c(c1)CCc1cc(Cl)cc(Br)c1C2C1CCN(C(=O)CC2CCN(C(N)=O)CC2)CC1)OCC. The molecular weight excluding hydrogens is 715 g/mol. The Morgan fingerprint density at radius 1 is 1.02 bits per heavy atom. The molecule has 3 heterocycles. The molecule has 1 atom stereocenters. The lowest BCUT2D eigenvalue weighted by Gasteiger charge is -2.38. The number of hydrogen-bond donors (Lipinski definition) is 1. The summed E-state index contributed by atoms with van der Waals surface area (Å²) in [6, 6.07) is 5.87. The third-order valence-electron chi connectivity index (χ3n) is 9.82. The molecule has 48 heavy (non-hydrogen) atoms. The summed E-state index contributed by atoms with van der Waals surface area (Å²) in [4.78, 5) is 33.6. The average molecular weight is 762 g/mol. The minimum atomic E-state index is -3.06. The highest BCUT2D eigenvalue weighted by Gasteiger charge is 2.37. The van der Waals surface area contributed by atoms with Gasteiger partial charge in [0.05, 0.1) is 25.1 Å². The van der Waals surface area contributed by atoms with Crippen LogP contribution >= 0.6 is 35.1 Å². The first-order chi connectivity index (χ1) is 23.1. The van der Waals surface area contributed by atoms with Crippen LogP contribution in [0.25, 0.3) is 0 Å². The lowest BCUT2D eigenvalue weighted by atomic mass is 9.76. The van der Waals surface area contributed by atoms with Crippen molar-refractivity contribution >= 4 is 47.1 Å². The van der Waals surface area contributed by atoms with Gasteiger partial charge < -0.3 is 24.6 Å². The quantitative estimate of drug-likeness (QED) is 0.152. The number of unbranched alkanes of at least 4 members (excludes halogenated alkanes) is 1. The second kappa shape index (κ2) is 17.0. The number of nitrogens with two attached hydrogens (primary N) is 1. The van der Waals surface area contributed by atoms with Crippen LogP contribution in [0.5, 0.6) is 0 Å². The van der Waals surface area contributed by atoms with Gasteiger partial charge in [0.15, 0.2) is 0 Å². The Balaban J connectivity index is 1.28. The van der Waals surface area contributed by atoms with E-state index in [1.54, 1.807) is 4.90 Å². The number of amides is 3. The summed E-state index contributed by atoms with van der Waals surface area (Å²) in [6.45, 7) is 7.04. The van der Waals surface area contributed by atoms with Gasteiger partial charge in [0, 0.05) is 66.2 Å². The number of pyridine rings is 1. The molecule has 1 aromatic heterocycles. The Hall–Kier alpha value is -2.41. The highest BCUT2D eigenvalue weighted by molar-refractivity contribution is 9.10. The smallest absolute Gasteiger partial charge is 0.330 e. The Kier molecular flexibility index (Phi) is 13.1. The number of carbonyl (C=O) groups excluding carboxylic acids is 2. The van der Waals surface area contributed by atoms with Gasteiger partial charge in [-0.05, 0) is 106 Å². The van der Waals surface area contributed by atoms with Crippen molar-refractivity contribution in [3.8, 4) is 11.8 Å². The van der Waals surface area contributed by atoms with Gasteiger partial charge in [-0.25, -0.2) is 4.79 Å². The average Bonchev–Trinajstić information content (AvgIpc) is 3.22. The van der Waals surface area contributed by atoms with Crippen LogP contribution in [0.1, 0.15) is 92.7 Å². The number of piperidine rings is 2. The highest BCUT2D eigenvalue weighted by atomic mass is 79.9. The van der Waals surface area contributed by atoms with E-state index in [0.29, 0.717) is 68.6 Å². The predicted octanol–water partition coefficient (Wildman–Crippen LogP) is 7.55. The van der Waals surface area contributed by atoms with E-state index in [9.17, 15) is 14.2 Å². The summed E-state index contributed by atoms with van der Waals surface area (Å²) in [7, 11) is -3.06. The van der Waals surface area contributed by atoms with E-state index in [4.69, 9.17) is 31.4 Å². The van der Waals surface area contributed by atoms with E-state index in [0.717, 1.165) is 67.3 Å². The summed E-state index contributed by atoms with van der Waals surface area (Å²) in [6.07, 6.45) is 9.08. The maximum Gasteiger partial charge on any atom is 0.330 e. The third kappa shape index (κ3) is 9.22. The van der Waals surface area contributed by atoms with Gasteiger partial charge in [-0.1, -0.05) is 39.4 Å². The first-order valence-electron chi connectivity index (χ1n) is 17.3. The summed E-state index contributed by atoms with van der Waals surface area (Å²) < 4.78 is 24.6. The maximum atomic E-state index is 13.3. The monoisotopic (exact) mass is 760 g/mol. The number of nitrogens with zero attached hydrogens (tertiary/aromatic N) is 3. The van der Waals surface area contributed by atoms with Crippen LogP contribution in [0.2, 0.25) is 5.02 Å². The Morgan fingerprint density at radius 3 is 2.35 bits per heavy atom. The van der Waals surface area contributed by atoms with Crippen LogP contribution in [0.3, 0.4) is 0 Å². The van der Waals surface area contributed by atoms with Crippen molar-refractivity contribution in [3.63, 3.8) is 0 Å². The van der Waals surface area contributed by atoms with Gasteiger partial charge in [-0.3, -0.25) is 14.3 Å². The van der Waals surface area contributed by atoms with Crippen LogP contribution in [0.15, 0.2) is 28.9 Å². The Labute approximate surface area is 298 Å². The molecule has 0 bridgehead atoms. The summed E-state index contributed by atoms with van der Waals surface area (Å²) in [5, 5.41) is 0.713. The second-order valence-corrected chi connectivity index (χ2v) is 16.4. The molecule has 1 aromatic carbocycles. The number of halogens is 2. The zero-order chi connectivity index (χ0) is 34.3. The molecule has 1 unspecified atom stereocenters. The van der Waals surface area contributed by atoms with E-state index in [2.05, 4.69) is 39.9 Å². The van der Waals surface area contributed by atoms with Crippen LogP contribution in [-0.4, -0.2) is 72.3 Å². The van der Waals surface area contributed by atoms with Gasteiger partial charge >= 0.3 is 13.6 Å². The number of rotatable bonds is 10. The third-order valence-corrected chi connectivity index (χ3v) is 12.9. The molecule has 0 saturated carbocycles. The number of benzene rings is 1. The van der Waals surface area contributed by atoms with Crippen molar-refractivity contribution in [2.45, 2.75) is 77.6 Å². The largest absolute Gasteiger partial charge is 0.351 e. The molecule has 2 fully saturated rings. The second-order valence-electron chi connectivity index (χ2n) is 13.0. The fourth-order valence-corrected chi connectivity index (χ4v) is 10.2. The Morgan fingerprint density at radius 2 is 1.69 bits per heavy atom. The van der Waals surface area contributed by atoms with Gasteiger partial charge in [0.2, 0.25) is 5.91 Å². The zero-order valence-corrected chi connectivity index (χ0v) is 31.3. The molecule has 3 amide bonds. The van der Waals surface area contributed by atoms with Crippen LogP contribution in [0.4, 0.5) is 4.79 Å². The van der Waals surface area contributed by atoms with Crippen molar-refractivity contribution in [3.05, 3.63) is 61.8 Å². The molecule has 2 N–H and O–H groups in total. The van der Waals surface area contributed by atoms with E-state index in [1.807, 2.05) is 31.0 Å². The van der Waals surface area contributed by atoms with Gasteiger partial charge in [0.1, 0.15) is 0 Å². The first kappa shape index (κ1) is 36.9. The molecule has 2 aromatic rings. The molecule has 12 heteroatoms. The zero-order valence-electron chi connectivity index (χ0n) is 28.0. The lowest BCUT2D eigenvalue weighted by molar-refractivity contribution is -0.134. The van der Waals surface area contributed by atoms with E-state index in [1.165, 1.54) is 16.7 Å². The number of aryl methyl sites for hydroxylation is 2. The Bertz CT molecular complexity index is 1570. The van der Waals surface area contributed by atoms with E-state index >= 15 is 0 Å². The molecule has 0 spiro atoms. The van der Waals surface area contributed by atoms with Crippen LogP contribution < -0.4 is 5.73 Å². The lowest BCUT2D eigenvalue weighted by Crippen LogP contribution is -2.44. The van der Waals surface area contributed by atoms with Crippen LogP contribution in [0, 0.1) is 23.7 Å². The fourth-order valence-electron chi connectivity index (χ4n) is 7.43. The highest BCUT2D eigenvalue weighted by Crippen LogP contribution is 2.49. The molecule has 0 radical (unpaired) electrons. The predicted molar refractivity (Wildman–Crippen MR) is 192 cm³/mol. The molecule has 2 saturated heterocycles. The number of hydrogen-bond acceptors (Lipinski definition) is 6. The fraction of sp³-hybridized carbons (Fsp3) is 0.583. The summed E-state index contributed by atoms with van der Waals surface area (Å²) in [5.74, 6) is 7.40.